The molecular weight excluding hydrogens is 418 g/mol. The van der Waals surface area contributed by atoms with Crippen molar-refractivity contribution >= 4 is 33.6 Å². The number of rotatable bonds is 3. The first-order valence-electron chi connectivity index (χ1n) is 8.74. The monoisotopic (exact) mass is 439 g/mol. The molecule has 2 N–H and O–H groups in total. The molecule has 0 aliphatic heterocycles. The molecule has 26 heavy (non-hydrogen) atoms. The molecular formula is C19H23BrClN3O2. The zero-order chi connectivity index (χ0) is 18.9. The number of amides is 1. The lowest BCUT2D eigenvalue weighted by Crippen LogP contribution is -2.40. The molecule has 1 heterocycles. The van der Waals surface area contributed by atoms with E-state index in [1.807, 2.05) is 45.0 Å². The van der Waals surface area contributed by atoms with Gasteiger partial charge in [0, 0.05) is 22.0 Å². The number of hydrogen-bond acceptors (Lipinski definition) is 3. The van der Waals surface area contributed by atoms with Crippen LogP contribution in [-0.4, -0.2) is 27.7 Å². The fourth-order valence-electron chi connectivity index (χ4n) is 3.26. The van der Waals surface area contributed by atoms with Gasteiger partial charge in [-0.15, -0.1) is 0 Å². The number of imidazole rings is 1. The number of halogens is 2. The van der Waals surface area contributed by atoms with Crippen LogP contribution in [0.2, 0.25) is 5.15 Å². The van der Waals surface area contributed by atoms with Gasteiger partial charge in [-0.1, -0.05) is 46.1 Å². The Morgan fingerprint density at radius 3 is 2.65 bits per heavy atom. The Labute approximate surface area is 167 Å². The van der Waals surface area contributed by atoms with E-state index in [0.717, 1.165) is 40.8 Å². The summed E-state index contributed by atoms with van der Waals surface area (Å²) < 4.78 is 6.39. The minimum Gasteiger partial charge on any atom is -0.444 e. The number of carbonyl (C=O) groups is 1. The lowest BCUT2D eigenvalue weighted by atomic mass is 10.0. The molecule has 0 unspecified atom stereocenters. The van der Waals surface area contributed by atoms with Crippen LogP contribution < -0.4 is 5.32 Å². The number of hydrogen-bond donors (Lipinski definition) is 2. The Kier molecular flexibility index (Phi) is 5.63. The number of alkyl carbamates (subject to hydrolysis) is 1. The highest BCUT2D eigenvalue weighted by Gasteiger charge is 2.33. The number of benzene rings is 1. The molecule has 1 amide bonds. The Hall–Kier alpha value is -1.53. The van der Waals surface area contributed by atoms with E-state index in [1.54, 1.807) is 0 Å². The van der Waals surface area contributed by atoms with Crippen LogP contribution in [0.1, 0.15) is 51.8 Å². The third-order valence-electron chi connectivity index (χ3n) is 4.36. The minimum atomic E-state index is -0.513. The molecule has 1 aromatic carbocycles. The molecule has 5 nitrogen and oxygen atoms in total. The number of ether oxygens (including phenoxy) is 1. The van der Waals surface area contributed by atoms with E-state index in [0.29, 0.717) is 5.15 Å². The van der Waals surface area contributed by atoms with Gasteiger partial charge in [0.2, 0.25) is 0 Å². The van der Waals surface area contributed by atoms with Crippen molar-refractivity contribution in [2.24, 2.45) is 0 Å². The summed E-state index contributed by atoms with van der Waals surface area (Å²) in [6.07, 6.45) is 2.48. The van der Waals surface area contributed by atoms with Crippen molar-refractivity contribution in [1.82, 2.24) is 15.3 Å². The second-order valence-corrected chi connectivity index (χ2v) is 8.88. The molecule has 0 bridgehead atoms. The summed E-state index contributed by atoms with van der Waals surface area (Å²) in [5, 5.41) is 3.51. The third kappa shape index (κ3) is 4.60. The van der Waals surface area contributed by atoms with Crippen molar-refractivity contribution in [2.75, 3.05) is 0 Å². The standard InChI is InChI=1S/C19H23BrClN3O2/c1-19(2,3)26-18(25)22-14-6-4-5-13(14)17-23-15(16(21)24-17)11-7-9-12(20)10-8-11/h7-10,13-14H,4-6H2,1-3H3,(H,22,25)(H,23,24)/t13-,14-/m0/s1. The highest BCUT2D eigenvalue weighted by molar-refractivity contribution is 9.10. The maximum Gasteiger partial charge on any atom is 0.407 e. The van der Waals surface area contributed by atoms with Crippen LogP contribution in [0.25, 0.3) is 11.3 Å². The fourth-order valence-corrected chi connectivity index (χ4v) is 3.78. The third-order valence-corrected chi connectivity index (χ3v) is 5.17. The Morgan fingerprint density at radius 2 is 2.00 bits per heavy atom. The first-order chi connectivity index (χ1) is 12.2. The number of carbonyl (C=O) groups excluding carboxylic acids is 1. The van der Waals surface area contributed by atoms with Gasteiger partial charge in [0.15, 0.2) is 0 Å². The topological polar surface area (TPSA) is 67.0 Å². The van der Waals surface area contributed by atoms with Gasteiger partial charge in [0.05, 0.1) is 0 Å². The highest BCUT2D eigenvalue weighted by atomic mass is 79.9. The summed E-state index contributed by atoms with van der Waals surface area (Å²) in [7, 11) is 0. The van der Waals surface area contributed by atoms with E-state index in [-0.39, 0.29) is 18.1 Å². The van der Waals surface area contributed by atoms with E-state index < -0.39 is 5.60 Å². The molecule has 1 aliphatic carbocycles. The van der Waals surface area contributed by atoms with Crippen molar-refractivity contribution in [1.29, 1.82) is 0 Å². The second-order valence-electron chi connectivity index (χ2n) is 7.58. The Bertz CT molecular complexity index is 783. The van der Waals surface area contributed by atoms with Gasteiger partial charge < -0.3 is 15.0 Å². The van der Waals surface area contributed by atoms with Crippen molar-refractivity contribution in [3.05, 3.63) is 39.7 Å². The van der Waals surface area contributed by atoms with E-state index in [2.05, 4.69) is 26.2 Å². The molecule has 3 rings (SSSR count). The fraction of sp³-hybridized carbons (Fsp3) is 0.474. The van der Waals surface area contributed by atoms with Crippen LogP contribution in [0.3, 0.4) is 0 Å². The predicted molar refractivity (Wildman–Crippen MR) is 106 cm³/mol. The van der Waals surface area contributed by atoms with E-state index in [9.17, 15) is 4.79 Å². The summed E-state index contributed by atoms with van der Waals surface area (Å²) >= 11 is 9.83. The molecule has 7 heteroatoms. The van der Waals surface area contributed by atoms with Gasteiger partial charge in [-0.25, -0.2) is 9.78 Å². The van der Waals surface area contributed by atoms with Gasteiger partial charge in [-0.2, -0.15) is 0 Å². The van der Waals surface area contributed by atoms with Gasteiger partial charge in [0.1, 0.15) is 22.3 Å². The summed E-state index contributed by atoms with van der Waals surface area (Å²) in [5.74, 6) is 0.913. The van der Waals surface area contributed by atoms with Gasteiger partial charge in [0.25, 0.3) is 0 Å². The molecule has 1 aliphatic rings. The van der Waals surface area contributed by atoms with Crippen LogP contribution >= 0.6 is 27.5 Å². The quantitative estimate of drug-likeness (QED) is 0.647. The van der Waals surface area contributed by atoms with Crippen molar-refractivity contribution in [2.45, 2.75) is 57.6 Å². The van der Waals surface area contributed by atoms with Crippen LogP contribution in [-0.2, 0) is 4.74 Å². The zero-order valence-corrected chi connectivity index (χ0v) is 17.4. The van der Waals surface area contributed by atoms with Crippen LogP contribution in [0.5, 0.6) is 0 Å². The molecule has 1 fully saturated rings. The Morgan fingerprint density at radius 1 is 1.31 bits per heavy atom. The summed E-state index contributed by atoms with van der Waals surface area (Å²) in [6.45, 7) is 5.57. The SMILES string of the molecule is CC(C)(C)OC(=O)N[C@H]1CCC[C@@H]1c1nc(-c2ccc(Br)cc2)c(Cl)[nH]1. The van der Waals surface area contributed by atoms with Crippen LogP contribution in [0.15, 0.2) is 28.7 Å². The first-order valence-corrected chi connectivity index (χ1v) is 9.91. The smallest absolute Gasteiger partial charge is 0.407 e. The van der Waals surface area contributed by atoms with E-state index in [1.165, 1.54) is 0 Å². The largest absolute Gasteiger partial charge is 0.444 e. The maximum atomic E-state index is 12.1. The lowest BCUT2D eigenvalue weighted by molar-refractivity contribution is 0.0500. The predicted octanol–water partition coefficient (Wildman–Crippen LogP) is 5.65. The van der Waals surface area contributed by atoms with Crippen LogP contribution in [0, 0.1) is 0 Å². The zero-order valence-electron chi connectivity index (χ0n) is 15.1. The molecule has 140 valence electrons. The molecule has 1 aromatic heterocycles. The number of nitrogens with one attached hydrogen (secondary N) is 2. The first kappa shape index (κ1) is 19.2. The number of aromatic amines is 1. The van der Waals surface area contributed by atoms with Crippen LogP contribution in [0.4, 0.5) is 4.79 Å². The molecule has 0 spiro atoms. The summed E-state index contributed by atoms with van der Waals surface area (Å²) in [5.41, 5.74) is 1.17. The normalized spacial score (nSPS) is 20.2. The van der Waals surface area contributed by atoms with Crippen molar-refractivity contribution < 1.29 is 9.53 Å². The van der Waals surface area contributed by atoms with Crippen molar-refractivity contribution in [3.8, 4) is 11.3 Å². The highest BCUT2D eigenvalue weighted by Crippen LogP contribution is 2.36. The molecule has 0 saturated heterocycles. The number of nitrogens with zero attached hydrogens (tertiary/aromatic N) is 1. The Balaban J connectivity index is 1.77. The van der Waals surface area contributed by atoms with Gasteiger partial charge in [-0.3, -0.25) is 0 Å². The van der Waals surface area contributed by atoms with Gasteiger partial charge in [-0.05, 0) is 45.7 Å². The molecule has 0 radical (unpaired) electrons. The summed E-state index contributed by atoms with van der Waals surface area (Å²) in [4.78, 5) is 20.1. The van der Waals surface area contributed by atoms with Gasteiger partial charge >= 0.3 is 6.09 Å². The van der Waals surface area contributed by atoms with E-state index >= 15 is 0 Å². The number of aromatic nitrogens is 2. The van der Waals surface area contributed by atoms with E-state index in [4.69, 9.17) is 21.3 Å². The average molecular weight is 441 g/mol. The molecule has 2 atom stereocenters. The summed E-state index contributed by atoms with van der Waals surface area (Å²) in [6, 6.07) is 7.86. The van der Waals surface area contributed by atoms with Crippen molar-refractivity contribution in [3.63, 3.8) is 0 Å². The minimum absolute atomic E-state index is 0.00941. The maximum absolute atomic E-state index is 12.1. The molecule has 1 saturated carbocycles. The molecule has 2 aromatic rings. The lowest BCUT2D eigenvalue weighted by Gasteiger charge is -2.24. The average Bonchev–Trinajstić information content (AvgIpc) is 3.12. The second kappa shape index (κ2) is 7.61. The number of H-pyrrole nitrogens is 1.